The van der Waals surface area contributed by atoms with Crippen molar-refractivity contribution in [3.63, 3.8) is 0 Å². The first-order valence-electron chi connectivity index (χ1n) is 7.94. The van der Waals surface area contributed by atoms with Crippen molar-refractivity contribution in [3.05, 3.63) is 24.3 Å². The van der Waals surface area contributed by atoms with Crippen molar-refractivity contribution >= 4 is 29.3 Å². The van der Waals surface area contributed by atoms with E-state index in [-0.39, 0.29) is 30.9 Å². The van der Waals surface area contributed by atoms with Crippen molar-refractivity contribution in [2.75, 3.05) is 37.2 Å². The van der Waals surface area contributed by atoms with Gasteiger partial charge in [-0.05, 0) is 30.6 Å². The van der Waals surface area contributed by atoms with Crippen LogP contribution in [-0.4, -0.2) is 55.2 Å². The van der Waals surface area contributed by atoms with E-state index in [0.717, 1.165) is 5.75 Å². The third-order valence-electron chi connectivity index (χ3n) is 4.11. The number of carbonyl (C=O) groups is 2. The number of hydrogen-bond acceptors (Lipinski definition) is 5. The zero-order valence-corrected chi connectivity index (χ0v) is 14.8. The molecule has 0 aliphatic carbocycles. The lowest BCUT2D eigenvalue weighted by Crippen LogP contribution is -2.42. The molecule has 1 heterocycles. The van der Waals surface area contributed by atoms with Crippen molar-refractivity contribution in [1.29, 1.82) is 0 Å². The molecule has 2 amide bonds. The topological polar surface area (TPSA) is 78.9 Å². The maximum absolute atomic E-state index is 12.4. The molecular weight excluding hydrogens is 328 g/mol. The van der Waals surface area contributed by atoms with Crippen LogP contribution in [0.5, 0.6) is 5.75 Å². The van der Waals surface area contributed by atoms with E-state index in [0.29, 0.717) is 24.4 Å². The average Bonchev–Trinajstić information content (AvgIpc) is 3.00. The van der Waals surface area contributed by atoms with E-state index < -0.39 is 5.92 Å². The minimum atomic E-state index is -0.411. The Morgan fingerprint density at radius 3 is 2.92 bits per heavy atom. The predicted octanol–water partition coefficient (Wildman–Crippen LogP) is 1.28. The summed E-state index contributed by atoms with van der Waals surface area (Å²) in [4.78, 5) is 26.3. The number of aliphatic hydroxyl groups excluding tert-OH is 1. The molecule has 6 nitrogen and oxygen atoms in total. The van der Waals surface area contributed by atoms with E-state index in [9.17, 15) is 14.7 Å². The zero-order valence-electron chi connectivity index (χ0n) is 14.0. The van der Waals surface area contributed by atoms with Crippen molar-refractivity contribution in [1.82, 2.24) is 5.32 Å². The van der Waals surface area contributed by atoms with Gasteiger partial charge in [0.05, 0.1) is 31.4 Å². The SMILES string of the molecule is COc1ccccc1N1C[C@H](C(=O)N[C@@H](CO)CCSC)CC1=O. The van der Waals surface area contributed by atoms with Crippen molar-refractivity contribution < 1.29 is 19.4 Å². The number of aliphatic hydroxyl groups is 1. The van der Waals surface area contributed by atoms with E-state index >= 15 is 0 Å². The normalized spacial score (nSPS) is 18.5. The second-order valence-electron chi connectivity index (χ2n) is 5.75. The maximum atomic E-state index is 12.4. The lowest BCUT2D eigenvalue weighted by atomic mass is 10.1. The molecule has 1 aliphatic rings. The molecule has 0 radical (unpaired) electrons. The van der Waals surface area contributed by atoms with Crippen LogP contribution < -0.4 is 15.0 Å². The molecule has 1 aromatic rings. The number of hydrogen-bond donors (Lipinski definition) is 2. The number of rotatable bonds is 8. The predicted molar refractivity (Wildman–Crippen MR) is 95.5 cm³/mol. The standard InChI is InChI=1S/C17H24N2O4S/c1-23-15-6-4-3-5-14(15)19-10-12(9-16(19)21)17(22)18-13(11-20)7-8-24-2/h3-6,12-13,20H,7-11H2,1-2H3,(H,18,22)/t12-,13-/m1/s1. The van der Waals surface area contributed by atoms with Gasteiger partial charge in [-0.2, -0.15) is 11.8 Å². The summed E-state index contributed by atoms with van der Waals surface area (Å²) < 4.78 is 5.30. The molecule has 132 valence electrons. The van der Waals surface area contributed by atoms with Crippen LogP contribution in [0.4, 0.5) is 5.69 Å². The highest BCUT2D eigenvalue weighted by Crippen LogP contribution is 2.32. The van der Waals surface area contributed by atoms with Gasteiger partial charge in [0.15, 0.2) is 0 Å². The molecular formula is C17H24N2O4S. The molecule has 0 bridgehead atoms. The van der Waals surface area contributed by atoms with Crippen molar-refractivity contribution in [2.45, 2.75) is 18.9 Å². The zero-order chi connectivity index (χ0) is 17.5. The van der Waals surface area contributed by atoms with Gasteiger partial charge < -0.3 is 20.1 Å². The molecule has 2 atom stereocenters. The van der Waals surface area contributed by atoms with E-state index in [2.05, 4.69) is 5.32 Å². The number of ether oxygens (including phenoxy) is 1. The van der Waals surface area contributed by atoms with E-state index in [1.807, 2.05) is 24.5 Å². The Kier molecular flexibility index (Phi) is 6.93. The number of benzene rings is 1. The number of nitrogens with one attached hydrogen (secondary N) is 1. The second-order valence-corrected chi connectivity index (χ2v) is 6.73. The molecule has 1 saturated heterocycles. The van der Waals surface area contributed by atoms with Gasteiger partial charge in [-0.15, -0.1) is 0 Å². The Hall–Kier alpha value is -1.73. The highest BCUT2D eigenvalue weighted by atomic mass is 32.2. The molecule has 0 saturated carbocycles. The van der Waals surface area contributed by atoms with Gasteiger partial charge >= 0.3 is 0 Å². The van der Waals surface area contributed by atoms with Crippen LogP contribution in [0.1, 0.15) is 12.8 Å². The fraction of sp³-hybridized carbons (Fsp3) is 0.529. The fourth-order valence-corrected chi connectivity index (χ4v) is 3.28. The van der Waals surface area contributed by atoms with E-state index in [1.54, 1.807) is 29.8 Å². The summed E-state index contributed by atoms with van der Waals surface area (Å²) in [5.41, 5.74) is 0.682. The van der Waals surface area contributed by atoms with Gasteiger partial charge in [0.2, 0.25) is 11.8 Å². The van der Waals surface area contributed by atoms with Gasteiger partial charge in [0.1, 0.15) is 5.75 Å². The largest absolute Gasteiger partial charge is 0.495 e. The quantitative estimate of drug-likeness (QED) is 0.737. The number of nitrogens with zero attached hydrogens (tertiary/aromatic N) is 1. The minimum absolute atomic E-state index is 0.0932. The van der Waals surface area contributed by atoms with Crippen LogP contribution in [0.3, 0.4) is 0 Å². The molecule has 24 heavy (non-hydrogen) atoms. The first-order valence-corrected chi connectivity index (χ1v) is 9.33. The molecule has 0 spiro atoms. The molecule has 7 heteroatoms. The fourth-order valence-electron chi connectivity index (χ4n) is 2.76. The smallest absolute Gasteiger partial charge is 0.227 e. The Morgan fingerprint density at radius 1 is 1.50 bits per heavy atom. The minimum Gasteiger partial charge on any atom is -0.495 e. The molecule has 2 rings (SSSR count). The summed E-state index contributed by atoms with van der Waals surface area (Å²) in [5.74, 6) is 0.790. The molecule has 2 N–H and O–H groups in total. The van der Waals surface area contributed by atoms with E-state index in [1.165, 1.54) is 0 Å². The van der Waals surface area contributed by atoms with Crippen LogP contribution >= 0.6 is 11.8 Å². The number of thioether (sulfide) groups is 1. The van der Waals surface area contributed by atoms with Gasteiger partial charge in [-0.25, -0.2) is 0 Å². The molecule has 1 aromatic carbocycles. The van der Waals surface area contributed by atoms with Gasteiger partial charge in [0.25, 0.3) is 0 Å². The summed E-state index contributed by atoms with van der Waals surface area (Å²) in [7, 11) is 1.56. The third kappa shape index (κ3) is 4.42. The lowest BCUT2D eigenvalue weighted by molar-refractivity contribution is -0.127. The monoisotopic (exact) mass is 352 g/mol. The van der Waals surface area contributed by atoms with Gasteiger partial charge in [-0.1, -0.05) is 12.1 Å². The molecule has 1 aliphatic heterocycles. The highest BCUT2D eigenvalue weighted by molar-refractivity contribution is 7.98. The first kappa shape index (κ1) is 18.6. The van der Waals surface area contributed by atoms with E-state index in [4.69, 9.17) is 4.74 Å². The average molecular weight is 352 g/mol. The summed E-state index contributed by atoms with van der Waals surface area (Å²) in [6.45, 7) is 0.231. The summed E-state index contributed by atoms with van der Waals surface area (Å²) in [6.07, 6.45) is 2.86. The van der Waals surface area contributed by atoms with Crippen molar-refractivity contribution in [3.8, 4) is 5.75 Å². The summed E-state index contributed by atoms with van der Waals surface area (Å²) in [6, 6.07) is 7.01. The number of para-hydroxylation sites is 2. The molecule has 0 aromatic heterocycles. The van der Waals surface area contributed by atoms with Crippen LogP contribution in [-0.2, 0) is 9.59 Å². The molecule has 0 unspecified atom stereocenters. The Morgan fingerprint density at radius 2 is 2.25 bits per heavy atom. The van der Waals surface area contributed by atoms with Crippen LogP contribution in [0.2, 0.25) is 0 Å². The van der Waals surface area contributed by atoms with Crippen LogP contribution in [0.15, 0.2) is 24.3 Å². The molecule has 1 fully saturated rings. The highest BCUT2D eigenvalue weighted by Gasteiger charge is 2.36. The third-order valence-corrected chi connectivity index (χ3v) is 4.75. The number of carbonyl (C=O) groups excluding carboxylic acids is 2. The van der Waals surface area contributed by atoms with Crippen LogP contribution in [0.25, 0.3) is 0 Å². The Bertz CT molecular complexity index is 581. The Balaban J connectivity index is 2.02. The number of anilines is 1. The maximum Gasteiger partial charge on any atom is 0.227 e. The lowest BCUT2D eigenvalue weighted by Gasteiger charge is -2.20. The second kappa shape index (κ2) is 8.94. The van der Waals surface area contributed by atoms with Crippen molar-refractivity contribution in [2.24, 2.45) is 5.92 Å². The van der Waals surface area contributed by atoms with Crippen LogP contribution in [0, 0.1) is 5.92 Å². The first-order chi connectivity index (χ1) is 11.6. The number of amides is 2. The Labute approximate surface area is 146 Å². The summed E-state index contributed by atoms with van der Waals surface area (Å²) >= 11 is 1.67. The summed E-state index contributed by atoms with van der Waals surface area (Å²) in [5, 5.41) is 12.2. The van der Waals surface area contributed by atoms with Gasteiger partial charge in [-0.3, -0.25) is 9.59 Å². The van der Waals surface area contributed by atoms with Gasteiger partial charge in [0, 0.05) is 13.0 Å². The number of methoxy groups -OCH3 is 1.